The Labute approximate surface area is 201 Å². The molecule has 0 bridgehead atoms. The zero-order chi connectivity index (χ0) is 24.2. The van der Waals surface area contributed by atoms with Crippen LogP contribution in [0, 0.1) is 50.2 Å². The summed E-state index contributed by atoms with van der Waals surface area (Å²) in [5.74, 6) is 0.807. The maximum Gasteiger partial charge on any atom is 0.310 e. The molecular formula is C30H48O3. The first-order chi connectivity index (χ1) is 15.1. The van der Waals surface area contributed by atoms with Crippen molar-refractivity contribution in [2.75, 3.05) is 0 Å². The molecule has 4 saturated carbocycles. The molecule has 3 nitrogen and oxygen atoms in total. The Hall–Kier alpha value is -0.830. The lowest BCUT2D eigenvalue weighted by Crippen LogP contribution is -2.65. The summed E-state index contributed by atoms with van der Waals surface area (Å²) in [6.45, 7) is 16.9. The Kier molecular flexibility index (Phi) is 4.99. The molecule has 0 amide bonds. The molecule has 0 spiro atoms. The molecule has 8 atom stereocenters. The number of fused-ring (bicyclic) bond motifs is 7. The highest BCUT2D eigenvalue weighted by molar-refractivity contribution is 5.76. The van der Waals surface area contributed by atoms with Crippen LogP contribution in [0.4, 0.5) is 0 Å². The number of allylic oxidation sites excluding steroid dienone is 2. The molecule has 0 aromatic carbocycles. The van der Waals surface area contributed by atoms with Crippen molar-refractivity contribution in [2.24, 2.45) is 50.2 Å². The minimum Gasteiger partial charge on any atom is -0.481 e. The van der Waals surface area contributed by atoms with Gasteiger partial charge in [-0.25, -0.2) is 0 Å². The number of hydrogen-bond donors (Lipinski definition) is 2. The first-order valence-electron chi connectivity index (χ1n) is 13.8. The topological polar surface area (TPSA) is 57.5 Å². The van der Waals surface area contributed by atoms with Gasteiger partial charge in [0.2, 0.25) is 0 Å². The van der Waals surface area contributed by atoms with E-state index in [1.165, 1.54) is 18.4 Å². The van der Waals surface area contributed by atoms with Crippen LogP contribution in [0.2, 0.25) is 0 Å². The van der Waals surface area contributed by atoms with Gasteiger partial charge in [-0.2, -0.15) is 0 Å². The Balaban J connectivity index is 1.60. The third-order valence-electron chi connectivity index (χ3n) is 13.0. The fourth-order valence-electron chi connectivity index (χ4n) is 10.6. The second-order valence-electron chi connectivity index (χ2n) is 15.1. The van der Waals surface area contributed by atoms with Crippen LogP contribution < -0.4 is 0 Å². The van der Waals surface area contributed by atoms with Crippen molar-refractivity contribution in [2.45, 2.75) is 119 Å². The van der Waals surface area contributed by atoms with Gasteiger partial charge in [0, 0.05) is 0 Å². The molecule has 0 aliphatic heterocycles. The molecule has 5 aliphatic carbocycles. The van der Waals surface area contributed by atoms with Gasteiger partial charge in [0.15, 0.2) is 0 Å². The lowest BCUT2D eigenvalue weighted by atomic mass is 9.33. The average Bonchev–Trinajstić information content (AvgIpc) is 2.71. The van der Waals surface area contributed by atoms with Gasteiger partial charge in [-0.3, -0.25) is 4.79 Å². The smallest absolute Gasteiger partial charge is 0.310 e. The Morgan fingerprint density at radius 2 is 1.55 bits per heavy atom. The molecule has 0 radical (unpaired) electrons. The quantitative estimate of drug-likeness (QED) is 0.409. The van der Waals surface area contributed by atoms with Crippen LogP contribution in [0.15, 0.2) is 11.6 Å². The van der Waals surface area contributed by atoms with E-state index in [9.17, 15) is 15.0 Å². The first kappa shape index (κ1) is 23.9. The molecule has 3 heteroatoms. The molecule has 0 aromatic heterocycles. The Bertz CT molecular complexity index is 885. The number of aliphatic carboxylic acids is 1. The lowest BCUT2D eigenvalue weighted by molar-refractivity contribution is -0.205. The van der Waals surface area contributed by atoms with Crippen LogP contribution >= 0.6 is 0 Å². The molecule has 5 aliphatic rings. The van der Waals surface area contributed by atoms with Crippen LogP contribution in [0.5, 0.6) is 0 Å². The molecular weight excluding hydrogens is 408 g/mol. The van der Waals surface area contributed by atoms with E-state index < -0.39 is 11.4 Å². The number of carboxylic acid groups (broad SMARTS) is 1. The van der Waals surface area contributed by atoms with E-state index in [-0.39, 0.29) is 39.1 Å². The van der Waals surface area contributed by atoms with E-state index in [1.807, 2.05) is 0 Å². The normalized spacial score (nSPS) is 52.4. The van der Waals surface area contributed by atoms with Gasteiger partial charge in [0.1, 0.15) is 0 Å². The van der Waals surface area contributed by atoms with Crippen molar-refractivity contribution in [1.29, 1.82) is 0 Å². The van der Waals surface area contributed by atoms with Crippen molar-refractivity contribution >= 4 is 5.97 Å². The number of aliphatic hydroxyl groups excluding tert-OH is 1. The third-order valence-corrected chi connectivity index (χ3v) is 13.0. The predicted molar refractivity (Wildman–Crippen MR) is 133 cm³/mol. The molecule has 186 valence electrons. The molecule has 0 unspecified atom stereocenters. The van der Waals surface area contributed by atoms with Gasteiger partial charge >= 0.3 is 5.97 Å². The van der Waals surface area contributed by atoms with Crippen LogP contribution in [-0.2, 0) is 4.79 Å². The highest BCUT2D eigenvalue weighted by atomic mass is 16.4. The fourth-order valence-corrected chi connectivity index (χ4v) is 10.6. The molecule has 0 heterocycles. The van der Waals surface area contributed by atoms with Crippen molar-refractivity contribution < 1.29 is 15.0 Å². The van der Waals surface area contributed by atoms with Gasteiger partial charge in [0.05, 0.1) is 11.5 Å². The number of carbonyl (C=O) groups is 1. The van der Waals surface area contributed by atoms with Crippen molar-refractivity contribution in [3.8, 4) is 0 Å². The summed E-state index contributed by atoms with van der Waals surface area (Å²) in [7, 11) is 0. The molecule has 4 fully saturated rings. The van der Waals surface area contributed by atoms with Gasteiger partial charge in [-0.15, -0.1) is 0 Å². The summed E-state index contributed by atoms with van der Waals surface area (Å²) in [4.78, 5) is 12.8. The summed E-state index contributed by atoms with van der Waals surface area (Å²) >= 11 is 0. The summed E-state index contributed by atoms with van der Waals surface area (Å²) in [5, 5.41) is 21.4. The minimum atomic E-state index is -0.553. The number of rotatable bonds is 1. The molecule has 2 N–H and O–H groups in total. The lowest BCUT2D eigenvalue weighted by Gasteiger charge is -2.71. The fraction of sp³-hybridized carbons (Fsp3) is 0.900. The zero-order valence-electron chi connectivity index (χ0n) is 22.3. The highest BCUT2D eigenvalue weighted by Gasteiger charge is 2.69. The average molecular weight is 457 g/mol. The largest absolute Gasteiger partial charge is 0.481 e. The summed E-state index contributed by atoms with van der Waals surface area (Å²) in [6.07, 6.45) is 12.6. The van der Waals surface area contributed by atoms with Gasteiger partial charge in [-0.05, 0) is 109 Å². The van der Waals surface area contributed by atoms with Crippen LogP contribution in [0.1, 0.15) is 113 Å². The van der Waals surface area contributed by atoms with Crippen molar-refractivity contribution in [3.05, 3.63) is 11.6 Å². The number of aliphatic hydroxyl groups is 1. The Morgan fingerprint density at radius 3 is 2.21 bits per heavy atom. The zero-order valence-corrected chi connectivity index (χ0v) is 22.3. The molecule has 0 saturated heterocycles. The van der Waals surface area contributed by atoms with Gasteiger partial charge in [0.25, 0.3) is 0 Å². The van der Waals surface area contributed by atoms with E-state index in [2.05, 4.69) is 54.5 Å². The van der Waals surface area contributed by atoms with E-state index in [0.717, 1.165) is 51.4 Å². The van der Waals surface area contributed by atoms with Crippen LogP contribution in [0.3, 0.4) is 0 Å². The first-order valence-corrected chi connectivity index (χ1v) is 13.8. The predicted octanol–water partition coefficient (Wildman–Crippen LogP) is 7.23. The second kappa shape index (κ2) is 6.89. The van der Waals surface area contributed by atoms with Crippen molar-refractivity contribution in [1.82, 2.24) is 0 Å². The third kappa shape index (κ3) is 2.87. The van der Waals surface area contributed by atoms with Gasteiger partial charge < -0.3 is 10.2 Å². The van der Waals surface area contributed by atoms with E-state index >= 15 is 0 Å². The maximum atomic E-state index is 12.8. The standard InChI is InChI=1S/C30H48O3/c1-25(2)14-16-30(24(32)33)17-15-28(6)19(20(30)18-25)8-9-22-27(5)12-11-23(31)26(3,4)21(27)10-13-29(22,28)7/h8,20-23,31H,9-18H2,1-7H3,(H,32,33)/t20-,21-,22+,23+,27+,28-,29-,30-/m1/s1. The van der Waals surface area contributed by atoms with E-state index in [4.69, 9.17) is 0 Å². The van der Waals surface area contributed by atoms with Crippen molar-refractivity contribution in [3.63, 3.8) is 0 Å². The number of carboxylic acids is 1. The summed E-state index contributed by atoms with van der Waals surface area (Å²) < 4.78 is 0. The van der Waals surface area contributed by atoms with Gasteiger partial charge in [-0.1, -0.05) is 60.1 Å². The summed E-state index contributed by atoms with van der Waals surface area (Å²) in [6, 6.07) is 0. The van der Waals surface area contributed by atoms with E-state index in [0.29, 0.717) is 11.8 Å². The second-order valence-corrected chi connectivity index (χ2v) is 15.1. The van der Waals surface area contributed by atoms with Crippen LogP contribution in [-0.4, -0.2) is 22.3 Å². The van der Waals surface area contributed by atoms with E-state index in [1.54, 1.807) is 0 Å². The van der Waals surface area contributed by atoms with Crippen LogP contribution in [0.25, 0.3) is 0 Å². The number of hydrogen-bond acceptors (Lipinski definition) is 2. The molecule has 33 heavy (non-hydrogen) atoms. The SMILES string of the molecule is CC1(C)CC[C@@]2(C(=O)O)CC[C@]3(C)C(=CC[C@H]4[C@@]5(C)CC[C@H](O)C(C)(C)[C@H]5CC[C@]43C)[C@H]2C1. The highest BCUT2D eigenvalue weighted by Crippen LogP contribution is 2.75. The molecule has 0 aromatic rings. The molecule has 5 rings (SSSR count). The minimum absolute atomic E-state index is 0.0301. The monoisotopic (exact) mass is 456 g/mol. The summed E-state index contributed by atoms with van der Waals surface area (Å²) in [5.41, 5.74) is 1.68. The Morgan fingerprint density at radius 1 is 0.879 bits per heavy atom. The maximum absolute atomic E-state index is 12.8.